The van der Waals surface area contributed by atoms with E-state index in [1.807, 2.05) is 0 Å². The molecule has 0 spiro atoms. The lowest BCUT2D eigenvalue weighted by molar-refractivity contribution is 0.335. The van der Waals surface area contributed by atoms with Crippen LogP contribution in [0.15, 0.2) is 29.2 Å². The van der Waals surface area contributed by atoms with E-state index >= 15 is 0 Å². The second-order valence-corrected chi connectivity index (χ2v) is 4.68. The second-order valence-electron chi connectivity index (χ2n) is 4.68. The van der Waals surface area contributed by atoms with Gasteiger partial charge in [0.25, 0.3) is 0 Å². The minimum Gasteiger partial charge on any atom is -0.488 e. The zero-order valence-corrected chi connectivity index (χ0v) is 11.5. The van der Waals surface area contributed by atoms with Gasteiger partial charge in [-0.1, -0.05) is 0 Å². The Morgan fingerprint density at radius 2 is 1.95 bits per heavy atom. The number of hydrogen-bond acceptors (Lipinski definition) is 3. The van der Waals surface area contributed by atoms with Crippen LogP contribution in [0.1, 0.15) is 6.92 Å². The van der Waals surface area contributed by atoms with Crippen molar-refractivity contribution < 1.29 is 13.5 Å². The first-order valence-electron chi connectivity index (χ1n) is 6.43. The highest BCUT2D eigenvalue weighted by Crippen LogP contribution is 2.21. The SMILES string of the molecule is CCOc1cn(C)c2nc3cc(F)c(F)cc3cc2c1=O. The highest BCUT2D eigenvalue weighted by molar-refractivity contribution is 5.91. The smallest absolute Gasteiger partial charge is 0.232 e. The van der Waals surface area contributed by atoms with Crippen LogP contribution in [-0.2, 0) is 7.05 Å². The maximum Gasteiger partial charge on any atom is 0.232 e. The number of ether oxygens (including phenoxy) is 1. The molecular weight excluding hydrogens is 278 g/mol. The van der Waals surface area contributed by atoms with Crippen LogP contribution in [-0.4, -0.2) is 16.2 Å². The zero-order chi connectivity index (χ0) is 15.1. The Labute approximate surface area is 118 Å². The third-order valence-electron chi connectivity index (χ3n) is 3.25. The van der Waals surface area contributed by atoms with Crippen molar-refractivity contribution in [1.29, 1.82) is 0 Å². The molecule has 0 bridgehead atoms. The molecule has 0 aliphatic heterocycles. The van der Waals surface area contributed by atoms with E-state index in [0.717, 1.165) is 12.1 Å². The minimum absolute atomic E-state index is 0.205. The van der Waals surface area contributed by atoms with Crippen molar-refractivity contribution in [1.82, 2.24) is 9.55 Å². The highest BCUT2D eigenvalue weighted by Gasteiger charge is 2.12. The van der Waals surface area contributed by atoms with Gasteiger partial charge in [-0.3, -0.25) is 4.79 Å². The van der Waals surface area contributed by atoms with Crippen molar-refractivity contribution in [3.05, 3.63) is 46.3 Å². The predicted octanol–water partition coefficient (Wildman–Crippen LogP) is 2.76. The van der Waals surface area contributed by atoms with Gasteiger partial charge in [0, 0.05) is 18.5 Å². The number of pyridine rings is 2. The fourth-order valence-electron chi connectivity index (χ4n) is 2.28. The molecule has 108 valence electrons. The van der Waals surface area contributed by atoms with Gasteiger partial charge in [0.1, 0.15) is 5.65 Å². The van der Waals surface area contributed by atoms with Crippen molar-refractivity contribution in [3.63, 3.8) is 0 Å². The van der Waals surface area contributed by atoms with Gasteiger partial charge in [-0.25, -0.2) is 13.8 Å². The van der Waals surface area contributed by atoms with E-state index in [9.17, 15) is 13.6 Å². The monoisotopic (exact) mass is 290 g/mol. The van der Waals surface area contributed by atoms with Crippen LogP contribution in [0.4, 0.5) is 8.78 Å². The summed E-state index contributed by atoms with van der Waals surface area (Å²) in [7, 11) is 1.71. The van der Waals surface area contributed by atoms with Gasteiger partial charge in [0.15, 0.2) is 17.4 Å². The third kappa shape index (κ3) is 2.12. The Kier molecular flexibility index (Phi) is 3.08. The molecule has 0 aliphatic carbocycles. The summed E-state index contributed by atoms with van der Waals surface area (Å²) in [4.78, 5) is 16.6. The van der Waals surface area contributed by atoms with Crippen molar-refractivity contribution in [2.45, 2.75) is 6.92 Å². The van der Waals surface area contributed by atoms with Gasteiger partial charge < -0.3 is 9.30 Å². The number of halogens is 2. The van der Waals surface area contributed by atoms with Crippen molar-refractivity contribution in [3.8, 4) is 5.75 Å². The topological polar surface area (TPSA) is 44.1 Å². The number of aryl methyl sites for hydroxylation is 1. The normalized spacial score (nSPS) is 11.2. The summed E-state index contributed by atoms with van der Waals surface area (Å²) in [5.74, 6) is -1.73. The molecule has 4 nitrogen and oxygen atoms in total. The number of benzene rings is 1. The van der Waals surface area contributed by atoms with E-state index in [1.165, 1.54) is 12.3 Å². The van der Waals surface area contributed by atoms with Gasteiger partial charge in [0.05, 0.1) is 23.7 Å². The molecule has 1 aromatic carbocycles. The zero-order valence-electron chi connectivity index (χ0n) is 11.5. The summed E-state index contributed by atoms with van der Waals surface area (Å²) in [5, 5.41) is 0.675. The van der Waals surface area contributed by atoms with Crippen LogP contribution in [0, 0.1) is 11.6 Å². The Hall–Kier alpha value is -2.50. The van der Waals surface area contributed by atoms with Crippen LogP contribution in [0.3, 0.4) is 0 Å². The van der Waals surface area contributed by atoms with Crippen LogP contribution in [0.2, 0.25) is 0 Å². The fourth-order valence-corrected chi connectivity index (χ4v) is 2.28. The molecule has 0 aliphatic rings. The molecule has 0 atom stereocenters. The molecular formula is C15H12F2N2O2. The molecule has 0 radical (unpaired) electrons. The van der Waals surface area contributed by atoms with Crippen LogP contribution in [0.25, 0.3) is 21.9 Å². The Morgan fingerprint density at radius 3 is 2.67 bits per heavy atom. The molecule has 0 unspecified atom stereocenters. The molecule has 2 heterocycles. The second kappa shape index (κ2) is 4.80. The lowest BCUT2D eigenvalue weighted by atomic mass is 10.1. The van der Waals surface area contributed by atoms with Crippen LogP contribution in [0.5, 0.6) is 5.75 Å². The lowest BCUT2D eigenvalue weighted by Gasteiger charge is -2.10. The number of fused-ring (bicyclic) bond motifs is 2. The molecule has 3 rings (SSSR count). The molecule has 6 heteroatoms. The van der Waals surface area contributed by atoms with Crippen LogP contribution < -0.4 is 10.2 Å². The molecule has 0 saturated carbocycles. The summed E-state index contributed by atoms with van der Waals surface area (Å²) in [6.45, 7) is 2.14. The standard InChI is InChI=1S/C15H12F2N2O2/c1-3-21-13-7-19(2)15-9(14(13)20)4-8-5-10(16)11(17)6-12(8)18-15/h4-7H,3H2,1-2H3. The third-order valence-corrected chi connectivity index (χ3v) is 3.25. The van der Waals surface area contributed by atoms with E-state index in [2.05, 4.69) is 4.98 Å². The first kappa shape index (κ1) is 13.5. The maximum absolute atomic E-state index is 13.3. The summed E-state index contributed by atoms with van der Waals surface area (Å²) in [6.07, 6.45) is 1.53. The van der Waals surface area contributed by atoms with E-state index in [1.54, 1.807) is 18.5 Å². The Bertz CT molecular complexity index is 919. The van der Waals surface area contributed by atoms with E-state index in [-0.39, 0.29) is 11.2 Å². The summed E-state index contributed by atoms with van der Waals surface area (Å²) in [6, 6.07) is 3.56. The predicted molar refractivity (Wildman–Crippen MR) is 75.6 cm³/mol. The molecule has 3 aromatic rings. The first-order valence-corrected chi connectivity index (χ1v) is 6.43. The van der Waals surface area contributed by atoms with E-state index in [0.29, 0.717) is 28.5 Å². The summed E-state index contributed by atoms with van der Waals surface area (Å²) >= 11 is 0. The van der Waals surface area contributed by atoms with Crippen molar-refractivity contribution in [2.24, 2.45) is 7.05 Å². The van der Waals surface area contributed by atoms with E-state index < -0.39 is 11.6 Å². The number of hydrogen-bond donors (Lipinski definition) is 0. The highest BCUT2D eigenvalue weighted by atomic mass is 19.2. The molecule has 0 saturated heterocycles. The van der Waals surface area contributed by atoms with Gasteiger partial charge >= 0.3 is 0 Å². The number of rotatable bonds is 2. The lowest BCUT2D eigenvalue weighted by Crippen LogP contribution is -2.13. The minimum atomic E-state index is -0.971. The largest absolute Gasteiger partial charge is 0.488 e. The number of nitrogens with zero attached hydrogens (tertiary/aromatic N) is 2. The van der Waals surface area contributed by atoms with E-state index in [4.69, 9.17) is 4.74 Å². The fraction of sp³-hybridized carbons (Fsp3) is 0.200. The quantitative estimate of drug-likeness (QED) is 0.682. The van der Waals surface area contributed by atoms with Crippen molar-refractivity contribution in [2.75, 3.05) is 6.61 Å². The van der Waals surface area contributed by atoms with Gasteiger partial charge in [-0.2, -0.15) is 0 Å². The Morgan fingerprint density at radius 1 is 1.24 bits per heavy atom. The Balaban J connectivity index is 2.42. The maximum atomic E-state index is 13.3. The first-order chi connectivity index (χ1) is 10.0. The average molecular weight is 290 g/mol. The molecule has 21 heavy (non-hydrogen) atoms. The van der Waals surface area contributed by atoms with Gasteiger partial charge in [0.2, 0.25) is 5.43 Å². The van der Waals surface area contributed by atoms with Gasteiger partial charge in [-0.15, -0.1) is 0 Å². The molecule has 2 aromatic heterocycles. The van der Waals surface area contributed by atoms with Crippen molar-refractivity contribution >= 4 is 21.9 Å². The van der Waals surface area contributed by atoms with Crippen LogP contribution >= 0.6 is 0 Å². The number of aromatic nitrogens is 2. The summed E-state index contributed by atoms with van der Waals surface area (Å²) in [5.41, 5.74) is 0.367. The molecule has 0 fully saturated rings. The summed E-state index contributed by atoms with van der Waals surface area (Å²) < 4.78 is 33.5. The average Bonchev–Trinajstić information content (AvgIpc) is 2.45. The van der Waals surface area contributed by atoms with Gasteiger partial charge in [-0.05, 0) is 19.1 Å². The molecule has 0 N–H and O–H groups in total. The molecule has 0 amide bonds.